The first-order valence-corrected chi connectivity index (χ1v) is 9.43. The van der Waals surface area contributed by atoms with E-state index in [4.69, 9.17) is 9.15 Å². The third kappa shape index (κ3) is 3.49. The maximum Gasteiger partial charge on any atom is 0.343 e. The molecule has 0 radical (unpaired) electrons. The third-order valence-corrected chi connectivity index (χ3v) is 5.01. The van der Waals surface area contributed by atoms with Gasteiger partial charge >= 0.3 is 11.6 Å². The first kappa shape index (κ1) is 18.2. The van der Waals surface area contributed by atoms with E-state index in [1.807, 2.05) is 30.3 Å². The van der Waals surface area contributed by atoms with Gasteiger partial charge in [0.2, 0.25) is 0 Å². The molecule has 0 aliphatic carbocycles. The van der Waals surface area contributed by atoms with Gasteiger partial charge in [-0.05, 0) is 54.4 Å². The lowest BCUT2D eigenvalue weighted by molar-refractivity contribution is 0.0733. The molecule has 1 aromatic heterocycles. The van der Waals surface area contributed by atoms with E-state index in [0.717, 1.165) is 21.0 Å². The van der Waals surface area contributed by atoms with E-state index in [2.05, 4.69) is 15.9 Å². The lowest BCUT2D eigenvalue weighted by Crippen LogP contribution is -2.09. The predicted octanol–water partition coefficient (Wildman–Crippen LogP) is 5.75. The zero-order valence-electron chi connectivity index (χ0n) is 14.9. The number of hydrogen-bond acceptors (Lipinski definition) is 4. The van der Waals surface area contributed by atoms with Crippen LogP contribution in [-0.2, 0) is 0 Å². The fraction of sp³-hybridized carbons (Fsp3) is 0.0435. The van der Waals surface area contributed by atoms with E-state index in [1.165, 1.54) is 6.07 Å². The first-order valence-electron chi connectivity index (χ1n) is 8.63. The van der Waals surface area contributed by atoms with Gasteiger partial charge in [-0.3, -0.25) is 0 Å². The minimum atomic E-state index is -0.475. The van der Waals surface area contributed by atoms with E-state index in [1.54, 1.807) is 43.3 Å². The summed E-state index contributed by atoms with van der Waals surface area (Å²) in [5, 5.41) is 0.784. The monoisotopic (exact) mass is 434 g/mol. The summed E-state index contributed by atoms with van der Waals surface area (Å²) in [6.45, 7) is 1.77. The topological polar surface area (TPSA) is 56.5 Å². The average Bonchev–Trinajstić information content (AvgIpc) is 2.71. The Morgan fingerprint density at radius 3 is 2.39 bits per heavy atom. The van der Waals surface area contributed by atoms with Gasteiger partial charge in [-0.1, -0.05) is 46.3 Å². The Morgan fingerprint density at radius 1 is 0.964 bits per heavy atom. The predicted molar refractivity (Wildman–Crippen MR) is 112 cm³/mol. The summed E-state index contributed by atoms with van der Waals surface area (Å²) in [5.41, 5.74) is 2.68. The van der Waals surface area contributed by atoms with Gasteiger partial charge in [-0.2, -0.15) is 0 Å². The zero-order chi connectivity index (χ0) is 19.7. The Kier molecular flexibility index (Phi) is 4.84. The summed E-state index contributed by atoms with van der Waals surface area (Å²) in [4.78, 5) is 24.6. The van der Waals surface area contributed by atoms with Crippen molar-refractivity contribution in [3.05, 3.63) is 98.8 Å². The molecule has 0 aliphatic rings. The van der Waals surface area contributed by atoms with Crippen molar-refractivity contribution in [1.82, 2.24) is 0 Å². The molecule has 0 unspecified atom stereocenters. The Labute approximate surface area is 169 Å². The molecule has 0 N–H and O–H groups in total. The van der Waals surface area contributed by atoms with Gasteiger partial charge in [0.1, 0.15) is 11.3 Å². The summed E-state index contributed by atoms with van der Waals surface area (Å²) < 4.78 is 11.9. The van der Waals surface area contributed by atoms with Crippen LogP contribution in [0.4, 0.5) is 0 Å². The maximum absolute atomic E-state index is 12.4. The van der Waals surface area contributed by atoms with Gasteiger partial charge in [0.25, 0.3) is 0 Å². The molecule has 0 atom stereocenters. The quantitative estimate of drug-likeness (QED) is 0.234. The summed E-state index contributed by atoms with van der Waals surface area (Å²) in [6, 6.07) is 21.5. The van der Waals surface area contributed by atoms with Crippen LogP contribution in [0.5, 0.6) is 5.75 Å². The molecule has 138 valence electrons. The zero-order valence-corrected chi connectivity index (χ0v) is 16.5. The Hall–Kier alpha value is -3.18. The molecule has 0 saturated carbocycles. The van der Waals surface area contributed by atoms with Crippen LogP contribution < -0.4 is 10.4 Å². The highest BCUT2D eigenvalue weighted by Gasteiger charge is 2.16. The van der Waals surface area contributed by atoms with Crippen molar-refractivity contribution in [3.8, 4) is 16.9 Å². The second kappa shape index (κ2) is 7.44. The van der Waals surface area contributed by atoms with E-state index < -0.39 is 11.6 Å². The molecule has 0 bridgehead atoms. The van der Waals surface area contributed by atoms with Crippen molar-refractivity contribution < 1.29 is 13.9 Å². The second-order valence-corrected chi connectivity index (χ2v) is 7.22. The molecule has 1 heterocycles. The molecule has 0 amide bonds. The van der Waals surface area contributed by atoms with Crippen molar-refractivity contribution >= 4 is 32.9 Å². The molecule has 4 aromatic rings. The Bertz CT molecular complexity index is 1230. The van der Waals surface area contributed by atoms with E-state index in [9.17, 15) is 9.59 Å². The molecule has 4 rings (SSSR count). The second-order valence-electron chi connectivity index (χ2n) is 6.31. The highest BCUT2D eigenvalue weighted by atomic mass is 79.9. The van der Waals surface area contributed by atoms with Crippen LogP contribution in [0.25, 0.3) is 22.1 Å². The standard InChI is InChI=1S/C23H15BrO4/c1-14-20(27-23(26)16-7-9-17(24)10-8-16)12-11-18-19(13-21(25)28-22(14)18)15-5-3-2-4-6-15/h2-13H,1H3. The average molecular weight is 435 g/mol. The van der Waals surface area contributed by atoms with Crippen molar-refractivity contribution in [2.24, 2.45) is 0 Å². The number of aryl methyl sites for hydroxylation is 1. The number of rotatable bonds is 3. The van der Waals surface area contributed by atoms with Gasteiger partial charge in [0.15, 0.2) is 0 Å². The molecule has 0 saturated heterocycles. The van der Waals surface area contributed by atoms with Gasteiger partial charge in [-0.25, -0.2) is 9.59 Å². The first-order chi connectivity index (χ1) is 13.5. The molecular weight excluding hydrogens is 420 g/mol. The fourth-order valence-corrected chi connectivity index (χ4v) is 3.32. The van der Waals surface area contributed by atoms with E-state index in [-0.39, 0.29) is 0 Å². The maximum atomic E-state index is 12.4. The van der Waals surface area contributed by atoms with Crippen LogP contribution >= 0.6 is 15.9 Å². The summed E-state index contributed by atoms with van der Waals surface area (Å²) in [6.07, 6.45) is 0. The van der Waals surface area contributed by atoms with Crippen LogP contribution in [0.2, 0.25) is 0 Å². The van der Waals surface area contributed by atoms with Gasteiger partial charge in [0.05, 0.1) is 5.56 Å². The highest BCUT2D eigenvalue weighted by molar-refractivity contribution is 9.10. The molecule has 28 heavy (non-hydrogen) atoms. The number of carbonyl (C=O) groups excluding carboxylic acids is 1. The van der Waals surface area contributed by atoms with Crippen molar-refractivity contribution in [1.29, 1.82) is 0 Å². The molecule has 3 aromatic carbocycles. The Morgan fingerprint density at radius 2 is 1.68 bits per heavy atom. The highest BCUT2D eigenvalue weighted by Crippen LogP contribution is 2.33. The van der Waals surface area contributed by atoms with Crippen LogP contribution in [-0.4, -0.2) is 5.97 Å². The van der Waals surface area contributed by atoms with Gasteiger partial charge in [-0.15, -0.1) is 0 Å². The molecule has 4 nitrogen and oxygen atoms in total. The van der Waals surface area contributed by atoms with Crippen molar-refractivity contribution in [2.45, 2.75) is 6.92 Å². The lowest BCUT2D eigenvalue weighted by atomic mass is 10.0. The molecule has 0 fully saturated rings. The molecule has 0 spiro atoms. The molecule has 5 heteroatoms. The third-order valence-electron chi connectivity index (χ3n) is 4.48. The molecule has 0 aliphatic heterocycles. The van der Waals surface area contributed by atoms with Gasteiger partial charge in [0, 0.05) is 21.5 Å². The number of halogens is 1. The summed E-state index contributed by atoms with van der Waals surface area (Å²) >= 11 is 3.34. The van der Waals surface area contributed by atoms with E-state index in [0.29, 0.717) is 22.5 Å². The summed E-state index contributed by atoms with van der Waals surface area (Å²) in [7, 11) is 0. The normalized spacial score (nSPS) is 10.8. The smallest absolute Gasteiger partial charge is 0.343 e. The van der Waals surface area contributed by atoms with Crippen LogP contribution in [0.1, 0.15) is 15.9 Å². The largest absolute Gasteiger partial charge is 0.423 e. The number of fused-ring (bicyclic) bond motifs is 1. The van der Waals surface area contributed by atoms with Gasteiger partial charge < -0.3 is 9.15 Å². The van der Waals surface area contributed by atoms with Crippen molar-refractivity contribution in [2.75, 3.05) is 0 Å². The number of ether oxygens (including phenoxy) is 1. The summed E-state index contributed by atoms with van der Waals surface area (Å²) in [5.74, 6) is -0.120. The van der Waals surface area contributed by atoms with E-state index >= 15 is 0 Å². The molecular formula is C23H15BrO4. The number of hydrogen-bond donors (Lipinski definition) is 0. The van der Waals surface area contributed by atoms with Crippen LogP contribution in [0.15, 0.2) is 86.5 Å². The SMILES string of the molecule is Cc1c(OC(=O)c2ccc(Br)cc2)ccc2c(-c3ccccc3)cc(=O)oc12. The number of esters is 1. The Balaban J connectivity index is 1.78. The van der Waals surface area contributed by atoms with Crippen LogP contribution in [0, 0.1) is 6.92 Å². The van der Waals surface area contributed by atoms with Crippen molar-refractivity contribution in [3.63, 3.8) is 0 Å². The number of benzene rings is 3. The minimum absolute atomic E-state index is 0.355. The minimum Gasteiger partial charge on any atom is -0.423 e. The fourth-order valence-electron chi connectivity index (χ4n) is 3.05. The van der Waals surface area contributed by atoms with Crippen LogP contribution in [0.3, 0.4) is 0 Å². The lowest BCUT2D eigenvalue weighted by Gasteiger charge is -2.11. The number of carbonyl (C=O) groups is 1.